The lowest BCUT2D eigenvalue weighted by molar-refractivity contribution is -0.385. The molecule has 1 aromatic carbocycles. The van der Waals surface area contributed by atoms with Crippen molar-refractivity contribution < 1.29 is 4.92 Å². The maximum absolute atomic E-state index is 11.0. The van der Waals surface area contributed by atoms with Crippen molar-refractivity contribution in [3.8, 4) is 6.07 Å². The fourth-order valence-electron chi connectivity index (χ4n) is 1.79. The summed E-state index contributed by atoms with van der Waals surface area (Å²) in [4.78, 5) is 17.6. The summed E-state index contributed by atoms with van der Waals surface area (Å²) in [6.45, 7) is 2.56. The molecule has 0 aliphatic rings. The van der Waals surface area contributed by atoms with Gasteiger partial charge in [-0.3, -0.25) is 10.1 Å². The van der Waals surface area contributed by atoms with E-state index in [1.165, 1.54) is 12.1 Å². The van der Waals surface area contributed by atoms with Gasteiger partial charge in [0.2, 0.25) is 0 Å². The Hall–Kier alpha value is -2.46. The van der Waals surface area contributed by atoms with Crippen LogP contribution in [0.15, 0.2) is 23.7 Å². The normalized spacial score (nSPS) is 10.1. The van der Waals surface area contributed by atoms with Crippen LogP contribution < -0.4 is 4.90 Å². The zero-order chi connectivity index (χ0) is 14.7. The van der Waals surface area contributed by atoms with Crippen LogP contribution in [0.25, 0.3) is 0 Å². The summed E-state index contributed by atoms with van der Waals surface area (Å²) in [5, 5.41) is 19.8. The Morgan fingerprint density at radius 2 is 2.30 bits per heavy atom. The minimum atomic E-state index is -0.534. The first-order valence-electron chi connectivity index (χ1n) is 5.81. The Labute approximate surface area is 120 Å². The average molecular weight is 288 g/mol. The molecule has 7 heteroatoms. The summed E-state index contributed by atoms with van der Waals surface area (Å²) in [6, 6.07) is 6.44. The zero-order valence-corrected chi connectivity index (χ0v) is 11.8. The van der Waals surface area contributed by atoms with Gasteiger partial charge >= 0.3 is 0 Å². The van der Waals surface area contributed by atoms with Gasteiger partial charge in [0.05, 0.1) is 22.7 Å². The Morgan fingerprint density at radius 3 is 2.85 bits per heavy atom. The fraction of sp³-hybridized carbons (Fsp3) is 0.231. The van der Waals surface area contributed by atoms with Crippen molar-refractivity contribution in [3.63, 3.8) is 0 Å². The number of nitro benzene ring substituents is 1. The van der Waals surface area contributed by atoms with Crippen LogP contribution in [-0.2, 0) is 6.54 Å². The molecular weight excluding hydrogens is 276 g/mol. The van der Waals surface area contributed by atoms with Gasteiger partial charge in [-0.2, -0.15) is 5.26 Å². The molecule has 20 heavy (non-hydrogen) atoms. The van der Waals surface area contributed by atoms with Crippen molar-refractivity contribution in [2.24, 2.45) is 0 Å². The molecule has 0 unspecified atom stereocenters. The summed E-state index contributed by atoms with van der Waals surface area (Å²) < 4.78 is 0. The maximum Gasteiger partial charge on any atom is 0.289 e. The molecule has 0 fully saturated rings. The van der Waals surface area contributed by atoms with E-state index in [-0.39, 0.29) is 11.3 Å². The third kappa shape index (κ3) is 2.75. The monoisotopic (exact) mass is 288 g/mol. The maximum atomic E-state index is 11.0. The first-order valence-corrected chi connectivity index (χ1v) is 6.69. The number of hydrogen-bond acceptors (Lipinski definition) is 6. The fourth-order valence-corrected chi connectivity index (χ4v) is 2.62. The van der Waals surface area contributed by atoms with Crippen molar-refractivity contribution in [2.75, 3.05) is 11.9 Å². The van der Waals surface area contributed by atoms with Crippen LogP contribution in [0.4, 0.5) is 11.4 Å². The summed E-state index contributed by atoms with van der Waals surface area (Å²) in [7, 11) is 1.85. The second-order valence-electron chi connectivity index (χ2n) is 4.29. The van der Waals surface area contributed by atoms with Gasteiger partial charge in [0.15, 0.2) is 0 Å². The smallest absolute Gasteiger partial charge is 0.289 e. The topological polar surface area (TPSA) is 83.1 Å². The van der Waals surface area contributed by atoms with Gasteiger partial charge < -0.3 is 4.90 Å². The van der Waals surface area contributed by atoms with E-state index in [4.69, 9.17) is 5.26 Å². The Bertz CT molecular complexity index is 690. The highest BCUT2D eigenvalue weighted by atomic mass is 32.1. The number of rotatable bonds is 4. The molecule has 2 rings (SSSR count). The molecule has 102 valence electrons. The average Bonchev–Trinajstić information content (AvgIpc) is 2.83. The van der Waals surface area contributed by atoms with E-state index in [9.17, 15) is 10.1 Å². The molecule has 0 aliphatic heterocycles. The van der Waals surface area contributed by atoms with Gasteiger partial charge in [0.25, 0.3) is 5.69 Å². The molecule has 2 aromatic rings. The highest BCUT2D eigenvalue weighted by Gasteiger charge is 2.16. The molecule has 0 N–H and O–H groups in total. The Morgan fingerprint density at radius 1 is 1.55 bits per heavy atom. The number of nitro groups is 1. The summed E-state index contributed by atoms with van der Waals surface area (Å²) >= 11 is 1.55. The molecule has 0 spiro atoms. The number of thiazole rings is 1. The number of anilines is 1. The Kier molecular flexibility index (Phi) is 3.96. The first kappa shape index (κ1) is 14.0. The van der Waals surface area contributed by atoms with Crippen molar-refractivity contribution in [3.05, 3.63) is 50.0 Å². The van der Waals surface area contributed by atoms with Gasteiger partial charge in [-0.05, 0) is 19.1 Å². The van der Waals surface area contributed by atoms with Crippen molar-refractivity contribution in [1.29, 1.82) is 5.26 Å². The van der Waals surface area contributed by atoms with Crippen molar-refractivity contribution in [2.45, 2.75) is 13.5 Å². The number of nitrogens with zero attached hydrogens (tertiary/aromatic N) is 4. The molecule has 0 aliphatic carbocycles. The quantitative estimate of drug-likeness (QED) is 0.638. The van der Waals surface area contributed by atoms with Gasteiger partial charge in [0.1, 0.15) is 11.6 Å². The lowest BCUT2D eigenvalue weighted by Crippen LogP contribution is -2.16. The minimum Gasteiger partial charge on any atom is -0.369 e. The van der Waals surface area contributed by atoms with Gasteiger partial charge in [-0.25, -0.2) is 4.98 Å². The van der Waals surface area contributed by atoms with Gasteiger partial charge in [0, 0.05) is 23.7 Å². The van der Waals surface area contributed by atoms with Crippen molar-refractivity contribution >= 4 is 22.7 Å². The van der Waals surface area contributed by atoms with E-state index in [1.54, 1.807) is 22.9 Å². The highest BCUT2D eigenvalue weighted by molar-refractivity contribution is 7.09. The molecule has 6 nitrogen and oxygen atoms in total. The van der Waals surface area contributed by atoms with E-state index in [0.29, 0.717) is 12.2 Å². The molecule has 0 saturated heterocycles. The summed E-state index contributed by atoms with van der Waals surface area (Å²) in [5.74, 6) is 0. The van der Waals surface area contributed by atoms with Crippen LogP contribution in [0, 0.1) is 28.4 Å². The van der Waals surface area contributed by atoms with Crippen LogP contribution in [0.1, 0.15) is 16.1 Å². The third-order valence-electron chi connectivity index (χ3n) is 2.96. The first-order chi connectivity index (χ1) is 9.52. The number of aryl methyl sites for hydroxylation is 1. The number of benzene rings is 1. The summed E-state index contributed by atoms with van der Waals surface area (Å²) in [5.41, 5.74) is 3.34. The standard InChI is InChI=1S/C13H12N4O2S/c1-9-13(20-8-15-9)7-16(2)11-4-3-10(6-14)12(5-11)17(18)19/h3-5,8H,7H2,1-2H3. The third-order valence-corrected chi connectivity index (χ3v) is 3.88. The molecule has 0 saturated carbocycles. The second kappa shape index (κ2) is 5.67. The molecule has 0 bridgehead atoms. The number of aromatic nitrogens is 1. The lowest BCUT2D eigenvalue weighted by Gasteiger charge is -2.18. The SMILES string of the molecule is Cc1ncsc1CN(C)c1ccc(C#N)c([N+](=O)[O-])c1. The van der Waals surface area contributed by atoms with Crippen LogP contribution in [0.3, 0.4) is 0 Å². The van der Waals surface area contributed by atoms with Crippen LogP contribution in [0.5, 0.6) is 0 Å². The van der Waals surface area contributed by atoms with E-state index >= 15 is 0 Å². The Balaban J connectivity index is 2.29. The van der Waals surface area contributed by atoms with E-state index in [2.05, 4.69) is 4.98 Å². The van der Waals surface area contributed by atoms with Crippen molar-refractivity contribution in [1.82, 2.24) is 4.98 Å². The predicted octanol–water partition coefficient (Wildman–Crippen LogP) is 2.87. The molecule has 0 radical (unpaired) electrons. The van der Waals surface area contributed by atoms with E-state index < -0.39 is 4.92 Å². The zero-order valence-electron chi connectivity index (χ0n) is 11.0. The lowest BCUT2D eigenvalue weighted by atomic mass is 10.1. The number of hydrogen-bond donors (Lipinski definition) is 0. The predicted molar refractivity (Wildman–Crippen MR) is 76.8 cm³/mol. The van der Waals surface area contributed by atoms with Crippen LogP contribution >= 0.6 is 11.3 Å². The van der Waals surface area contributed by atoms with Gasteiger partial charge in [-0.15, -0.1) is 11.3 Å². The minimum absolute atomic E-state index is 0.0705. The summed E-state index contributed by atoms with van der Waals surface area (Å²) in [6.07, 6.45) is 0. The largest absolute Gasteiger partial charge is 0.369 e. The van der Waals surface area contributed by atoms with E-state index in [1.807, 2.05) is 24.9 Å². The molecule has 1 heterocycles. The molecule has 0 amide bonds. The van der Waals surface area contributed by atoms with Crippen LogP contribution in [-0.4, -0.2) is 17.0 Å². The van der Waals surface area contributed by atoms with Gasteiger partial charge in [-0.1, -0.05) is 0 Å². The molecule has 0 atom stereocenters. The van der Waals surface area contributed by atoms with Crippen LogP contribution in [0.2, 0.25) is 0 Å². The van der Waals surface area contributed by atoms with E-state index in [0.717, 1.165) is 10.6 Å². The number of nitriles is 1. The second-order valence-corrected chi connectivity index (χ2v) is 5.23. The highest BCUT2D eigenvalue weighted by Crippen LogP contribution is 2.26. The molecular formula is C13H12N4O2S. The molecule has 1 aromatic heterocycles.